The molecule has 0 amide bonds. The van der Waals surface area contributed by atoms with E-state index in [1.54, 1.807) is 10.9 Å². The molecule has 19 heavy (non-hydrogen) atoms. The number of ether oxygens (including phenoxy) is 1. The Balaban J connectivity index is 1.89. The molecule has 1 fully saturated rings. The van der Waals surface area contributed by atoms with Crippen molar-refractivity contribution in [3.63, 3.8) is 0 Å². The molecule has 1 saturated carbocycles. The molecule has 0 radical (unpaired) electrons. The summed E-state index contributed by atoms with van der Waals surface area (Å²) in [6.45, 7) is 0.804. The van der Waals surface area contributed by atoms with Crippen LogP contribution >= 0.6 is 15.9 Å². The van der Waals surface area contributed by atoms with Gasteiger partial charge in [-0.25, -0.2) is 0 Å². The lowest BCUT2D eigenvalue weighted by Crippen LogP contribution is -2.00. The quantitative estimate of drug-likeness (QED) is 0.940. The Morgan fingerprint density at radius 3 is 2.84 bits per heavy atom. The van der Waals surface area contributed by atoms with Crippen molar-refractivity contribution in [3.05, 3.63) is 28.9 Å². The summed E-state index contributed by atoms with van der Waals surface area (Å²) in [5.41, 5.74) is 7.96. The van der Waals surface area contributed by atoms with Crippen LogP contribution in [-0.4, -0.2) is 16.4 Å². The minimum atomic E-state index is 0.659. The Kier molecular flexibility index (Phi) is 3.22. The molecule has 0 atom stereocenters. The molecule has 1 aliphatic carbocycles. The van der Waals surface area contributed by atoms with E-state index in [0.29, 0.717) is 5.82 Å². The maximum Gasteiger partial charge on any atom is 0.129 e. The van der Waals surface area contributed by atoms with E-state index in [-0.39, 0.29) is 0 Å². The van der Waals surface area contributed by atoms with Gasteiger partial charge in [-0.15, -0.1) is 0 Å². The molecule has 2 aromatic rings. The van der Waals surface area contributed by atoms with Gasteiger partial charge in [0.2, 0.25) is 0 Å². The van der Waals surface area contributed by atoms with Crippen molar-refractivity contribution in [2.24, 2.45) is 13.0 Å². The third-order valence-electron chi connectivity index (χ3n) is 3.35. The van der Waals surface area contributed by atoms with Crippen molar-refractivity contribution in [2.45, 2.75) is 12.8 Å². The monoisotopic (exact) mass is 321 g/mol. The molecule has 1 aromatic heterocycles. The third-order valence-corrected chi connectivity index (χ3v) is 3.81. The molecule has 100 valence electrons. The molecular formula is C14H16BrN3O. The summed E-state index contributed by atoms with van der Waals surface area (Å²) in [5, 5.41) is 4.17. The smallest absolute Gasteiger partial charge is 0.129 e. The Bertz CT molecular complexity index is 605. The van der Waals surface area contributed by atoms with Crippen molar-refractivity contribution in [3.8, 4) is 16.9 Å². The van der Waals surface area contributed by atoms with Crippen molar-refractivity contribution < 1.29 is 4.74 Å². The van der Waals surface area contributed by atoms with Gasteiger partial charge in [-0.3, -0.25) is 4.68 Å². The highest BCUT2D eigenvalue weighted by Crippen LogP contribution is 2.33. The molecule has 5 heteroatoms. The van der Waals surface area contributed by atoms with E-state index in [9.17, 15) is 0 Å². The average Bonchev–Trinajstić information content (AvgIpc) is 3.14. The maximum absolute atomic E-state index is 6.01. The zero-order valence-electron chi connectivity index (χ0n) is 10.8. The van der Waals surface area contributed by atoms with Crippen LogP contribution < -0.4 is 10.5 Å². The van der Waals surface area contributed by atoms with E-state index < -0.39 is 0 Å². The maximum atomic E-state index is 6.01. The van der Waals surface area contributed by atoms with Crippen molar-refractivity contribution >= 4 is 21.7 Å². The summed E-state index contributed by atoms with van der Waals surface area (Å²) in [5.74, 6) is 2.27. The summed E-state index contributed by atoms with van der Waals surface area (Å²) in [6, 6.07) is 6.02. The molecule has 3 rings (SSSR count). The molecular weight excluding hydrogens is 306 g/mol. The van der Waals surface area contributed by atoms with Gasteiger partial charge in [0, 0.05) is 17.1 Å². The van der Waals surface area contributed by atoms with Crippen LogP contribution in [0.15, 0.2) is 28.9 Å². The molecule has 0 unspecified atom stereocenters. The van der Waals surface area contributed by atoms with E-state index in [0.717, 1.165) is 33.9 Å². The van der Waals surface area contributed by atoms with Crippen LogP contribution in [0.1, 0.15) is 12.8 Å². The SMILES string of the molecule is Cn1ncc(-c2cc(Br)cc(OCC3CC3)c2)c1N. The number of nitrogen functional groups attached to an aromatic ring is 1. The molecule has 0 aliphatic heterocycles. The molecule has 2 N–H and O–H groups in total. The number of halogens is 1. The van der Waals surface area contributed by atoms with Crippen molar-refractivity contribution in [1.29, 1.82) is 0 Å². The normalized spacial score (nSPS) is 14.6. The zero-order valence-corrected chi connectivity index (χ0v) is 12.4. The number of rotatable bonds is 4. The van der Waals surface area contributed by atoms with Crippen LogP contribution in [0.5, 0.6) is 5.75 Å². The summed E-state index contributed by atoms with van der Waals surface area (Å²) >= 11 is 3.52. The number of nitrogens with two attached hydrogens (primary N) is 1. The second-order valence-electron chi connectivity index (χ2n) is 5.00. The molecule has 1 aromatic carbocycles. The van der Waals surface area contributed by atoms with Gasteiger partial charge in [0.05, 0.1) is 12.8 Å². The van der Waals surface area contributed by atoms with Crippen LogP contribution in [0.4, 0.5) is 5.82 Å². The average molecular weight is 322 g/mol. The topological polar surface area (TPSA) is 53.1 Å². The van der Waals surface area contributed by atoms with Gasteiger partial charge in [-0.05, 0) is 42.5 Å². The van der Waals surface area contributed by atoms with Crippen molar-refractivity contribution in [2.75, 3.05) is 12.3 Å². The fourth-order valence-corrected chi connectivity index (χ4v) is 2.44. The fourth-order valence-electron chi connectivity index (χ4n) is 1.97. The molecule has 0 spiro atoms. The summed E-state index contributed by atoms with van der Waals surface area (Å²) in [7, 11) is 1.83. The molecule has 1 aliphatic rings. The van der Waals surface area contributed by atoms with Gasteiger partial charge in [-0.1, -0.05) is 15.9 Å². The number of aryl methyl sites for hydroxylation is 1. The first-order valence-electron chi connectivity index (χ1n) is 6.34. The van der Waals surface area contributed by atoms with E-state index in [2.05, 4.69) is 21.0 Å². The first-order valence-corrected chi connectivity index (χ1v) is 7.14. The minimum absolute atomic E-state index is 0.659. The van der Waals surface area contributed by atoms with Gasteiger partial charge >= 0.3 is 0 Å². The number of benzene rings is 1. The van der Waals surface area contributed by atoms with E-state index in [1.165, 1.54) is 12.8 Å². The van der Waals surface area contributed by atoms with Crippen LogP contribution in [-0.2, 0) is 7.05 Å². The third kappa shape index (κ3) is 2.76. The largest absolute Gasteiger partial charge is 0.493 e. The minimum Gasteiger partial charge on any atom is -0.493 e. The standard InChI is InChI=1S/C14H16BrN3O/c1-18-14(16)13(7-17-18)10-4-11(15)6-12(5-10)19-8-9-2-3-9/h4-7,9H,2-3,8,16H2,1H3. The van der Waals surface area contributed by atoms with E-state index in [1.807, 2.05) is 25.2 Å². The van der Waals surface area contributed by atoms with Crippen LogP contribution in [0.2, 0.25) is 0 Å². The Labute approximate surface area is 120 Å². The molecule has 1 heterocycles. The second-order valence-corrected chi connectivity index (χ2v) is 5.91. The van der Waals surface area contributed by atoms with E-state index >= 15 is 0 Å². The molecule has 0 saturated heterocycles. The summed E-state index contributed by atoms with van der Waals surface area (Å²) < 4.78 is 8.47. The van der Waals surface area contributed by atoms with Gasteiger partial charge in [0.25, 0.3) is 0 Å². The number of nitrogens with zero attached hydrogens (tertiary/aromatic N) is 2. The first-order chi connectivity index (χ1) is 9.13. The summed E-state index contributed by atoms with van der Waals surface area (Å²) in [4.78, 5) is 0. The molecule has 0 bridgehead atoms. The van der Waals surface area contributed by atoms with Gasteiger partial charge < -0.3 is 10.5 Å². The Morgan fingerprint density at radius 2 is 2.21 bits per heavy atom. The Hall–Kier alpha value is -1.49. The predicted molar refractivity (Wildman–Crippen MR) is 79.0 cm³/mol. The van der Waals surface area contributed by atoms with Crippen LogP contribution in [0.3, 0.4) is 0 Å². The lowest BCUT2D eigenvalue weighted by atomic mass is 10.1. The number of hydrogen-bond donors (Lipinski definition) is 1. The number of anilines is 1. The zero-order chi connectivity index (χ0) is 13.4. The van der Waals surface area contributed by atoms with Crippen molar-refractivity contribution in [1.82, 2.24) is 9.78 Å². The summed E-state index contributed by atoms with van der Waals surface area (Å²) in [6.07, 6.45) is 4.36. The first kappa shape index (κ1) is 12.5. The van der Waals surface area contributed by atoms with Gasteiger partial charge in [-0.2, -0.15) is 5.10 Å². The van der Waals surface area contributed by atoms with Gasteiger partial charge in [0.1, 0.15) is 11.6 Å². The fraction of sp³-hybridized carbons (Fsp3) is 0.357. The van der Waals surface area contributed by atoms with Crippen LogP contribution in [0, 0.1) is 5.92 Å². The van der Waals surface area contributed by atoms with E-state index in [4.69, 9.17) is 10.5 Å². The van der Waals surface area contributed by atoms with Gasteiger partial charge in [0.15, 0.2) is 0 Å². The highest BCUT2D eigenvalue weighted by Gasteiger charge is 2.22. The Morgan fingerprint density at radius 1 is 1.42 bits per heavy atom. The second kappa shape index (κ2) is 4.89. The lowest BCUT2D eigenvalue weighted by molar-refractivity contribution is 0.300. The molecule has 4 nitrogen and oxygen atoms in total. The van der Waals surface area contributed by atoms with Crippen LogP contribution in [0.25, 0.3) is 11.1 Å². The predicted octanol–water partition coefficient (Wildman–Crippen LogP) is 3.22. The number of aromatic nitrogens is 2. The highest BCUT2D eigenvalue weighted by atomic mass is 79.9. The number of hydrogen-bond acceptors (Lipinski definition) is 3. The highest BCUT2D eigenvalue weighted by molar-refractivity contribution is 9.10. The lowest BCUT2D eigenvalue weighted by Gasteiger charge is -2.08.